The van der Waals surface area contributed by atoms with Crippen LogP contribution < -0.4 is 11.1 Å². The third-order valence-corrected chi connectivity index (χ3v) is 3.19. The number of amides is 1. The molecule has 0 saturated carbocycles. The zero-order valence-electron chi connectivity index (χ0n) is 11.9. The lowest BCUT2D eigenvalue weighted by Gasteiger charge is -2.12. The summed E-state index contributed by atoms with van der Waals surface area (Å²) in [6.07, 6.45) is 0.484. The summed E-state index contributed by atoms with van der Waals surface area (Å²) < 4.78 is 0. The highest BCUT2D eigenvalue weighted by Gasteiger charge is 2.14. The van der Waals surface area contributed by atoms with Crippen molar-refractivity contribution < 1.29 is 9.59 Å². The minimum Gasteiger partial charge on any atom is -0.325 e. The number of rotatable bonds is 5. The van der Waals surface area contributed by atoms with E-state index in [0.29, 0.717) is 17.7 Å². The highest BCUT2D eigenvalue weighted by atomic mass is 16.2. The van der Waals surface area contributed by atoms with Crippen LogP contribution in [0.3, 0.4) is 0 Å². The van der Waals surface area contributed by atoms with E-state index >= 15 is 0 Å². The van der Waals surface area contributed by atoms with Crippen LogP contribution in [0.25, 0.3) is 0 Å². The molecule has 2 aromatic carbocycles. The van der Waals surface area contributed by atoms with Crippen molar-refractivity contribution in [3.8, 4) is 0 Å². The van der Waals surface area contributed by atoms with Gasteiger partial charge >= 0.3 is 0 Å². The fourth-order valence-electron chi connectivity index (χ4n) is 1.98. The Morgan fingerprint density at radius 1 is 1.05 bits per heavy atom. The molecule has 2 aromatic rings. The molecule has 108 valence electrons. The number of ketones is 1. The van der Waals surface area contributed by atoms with Gasteiger partial charge in [-0.25, -0.2) is 0 Å². The Bertz CT molecular complexity index is 621. The normalized spacial score (nSPS) is 11.7. The van der Waals surface area contributed by atoms with Gasteiger partial charge in [-0.2, -0.15) is 0 Å². The first-order valence-electron chi connectivity index (χ1n) is 6.77. The number of Topliss-reactive ketones (excluding diaryl/α,β-unsaturated/α-hetero) is 1. The number of nitrogens with one attached hydrogen (secondary N) is 1. The van der Waals surface area contributed by atoms with E-state index in [1.54, 1.807) is 24.3 Å². The van der Waals surface area contributed by atoms with E-state index in [4.69, 9.17) is 5.73 Å². The summed E-state index contributed by atoms with van der Waals surface area (Å²) in [6, 6.07) is 15.8. The molecule has 1 amide bonds. The largest absolute Gasteiger partial charge is 0.325 e. The van der Waals surface area contributed by atoms with Gasteiger partial charge in [0.05, 0.1) is 6.04 Å². The van der Waals surface area contributed by atoms with Crippen molar-refractivity contribution in [2.24, 2.45) is 5.73 Å². The SMILES string of the molecule is CC(=O)c1ccc(NC(=O)[C@@H](N)Cc2ccccc2)cc1. The zero-order chi connectivity index (χ0) is 15.2. The molecule has 0 radical (unpaired) electrons. The number of benzene rings is 2. The molecule has 4 heteroatoms. The molecule has 4 nitrogen and oxygen atoms in total. The van der Waals surface area contributed by atoms with E-state index in [2.05, 4.69) is 5.32 Å². The minimum atomic E-state index is -0.611. The van der Waals surface area contributed by atoms with Crippen LogP contribution in [-0.4, -0.2) is 17.7 Å². The van der Waals surface area contributed by atoms with Gasteiger partial charge in [0, 0.05) is 11.3 Å². The molecule has 0 aromatic heterocycles. The van der Waals surface area contributed by atoms with Gasteiger partial charge in [-0.05, 0) is 43.2 Å². The molecule has 0 fully saturated rings. The van der Waals surface area contributed by atoms with Gasteiger partial charge in [0.2, 0.25) is 5.91 Å². The van der Waals surface area contributed by atoms with Crippen molar-refractivity contribution in [1.29, 1.82) is 0 Å². The molecule has 0 aliphatic rings. The monoisotopic (exact) mass is 282 g/mol. The summed E-state index contributed by atoms with van der Waals surface area (Å²) in [7, 11) is 0. The second-order valence-electron chi connectivity index (χ2n) is 4.92. The van der Waals surface area contributed by atoms with Gasteiger partial charge < -0.3 is 11.1 Å². The molecule has 0 spiro atoms. The number of nitrogens with two attached hydrogens (primary N) is 1. The van der Waals surface area contributed by atoms with Crippen molar-refractivity contribution in [3.05, 3.63) is 65.7 Å². The lowest BCUT2D eigenvalue weighted by atomic mass is 10.1. The maximum atomic E-state index is 12.0. The van der Waals surface area contributed by atoms with E-state index in [9.17, 15) is 9.59 Å². The number of anilines is 1. The Kier molecular flexibility index (Phi) is 4.85. The Balaban J connectivity index is 1.95. The highest BCUT2D eigenvalue weighted by Crippen LogP contribution is 2.11. The summed E-state index contributed by atoms with van der Waals surface area (Å²) >= 11 is 0. The first-order chi connectivity index (χ1) is 10.1. The van der Waals surface area contributed by atoms with E-state index in [-0.39, 0.29) is 11.7 Å². The van der Waals surface area contributed by atoms with Crippen LogP contribution in [0.15, 0.2) is 54.6 Å². The number of carbonyl (C=O) groups is 2. The Morgan fingerprint density at radius 2 is 1.67 bits per heavy atom. The van der Waals surface area contributed by atoms with Crippen molar-refractivity contribution in [2.75, 3.05) is 5.32 Å². The molecule has 1 atom stereocenters. The van der Waals surface area contributed by atoms with Gasteiger partial charge in [0.1, 0.15) is 0 Å². The molecule has 0 bridgehead atoms. The van der Waals surface area contributed by atoms with Crippen LogP contribution in [0.1, 0.15) is 22.8 Å². The predicted octanol–water partition coefficient (Wildman–Crippen LogP) is 2.40. The topological polar surface area (TPSA) is 72.2 Å². The quantitative estimate of drug-likeness (QED) is 0.827. The number of hydrogen-bond donors (Lipinski definition) is 2. The number of hydrogen-bond acceptors (Lipinski definition) is 3. The second kappa shape index (κ2) is 6.81. The van der Waals surface area contributed by atoms with Crippen molar-refractivity contribution in [3.63, 3.8) is 0 Å². The fraction of sp³-hybridized carbons (Fsp3) is 0.176. The minimum absolute atomic E-state index is 0.00587. The molecule has 21 heavy (non-hydrogen) atoms. The van der Waals surface area contributed by atoms with Gasteiger partial charge in [-0.3, -0.25) is 9.59 Å². The second-order valence-corrected chi connectivity index (χ2v) is 4.92. The Morgan fingerprint density at radius 3 is 2.24 bits per heavy atom. The molecule has 3 N–H and O–H groups in total. The van der Waals surface area contributed by atoms with Crippen LogP contribution in [0, 0.1) is 0 Å². The van der Waals surface area contributed by atoms with E-state index in [0.717, 1.165) is 5.56 Å². The van der Waals surface area contributed by atoms with Crippen LogP contribution >= 0.6 is 0 Å². The molecular weight excluding hydrogens is 264 g/mol. The highest BCUT2D eigenvalue weighted by molar-refractivity contribution is 5.97. The maximum Gasteiger partial charge on any atom is 0.241 e. The van der Waals surface area contributed by atoms with E-state index in [1.807, 2.05) is 30.3 Å². The third kappa shape index (κ3) is 4.26. The standard InChI is InChI=1S/C17H18N2O2/c1-12(20)14-7-9-15(10-8-14)19-17(21)16(18)11-13-5-3-2-4-6-13/h2-10,16H,11,18H2,1H3,(H,19,21)/t16-/m0/s1. The molecule has 0 unspecified atom stereocenters. The van der Waals surface area contributed by atoms with Crippen LogP contribution in [0.2, 0.25) is 0 Å². The predicted molar refractivity (Wildman–Crippen MR) is 83.2 cm³/mol. The summed E-state index contributed by atoms with van der Waals surface area (Å²) in [5.74, 6) is -0.247. The summed E-state index contributed by atoms with van der Waals surface area (Å²) in [5.41, 5.74) is 8.17. The van der Waals surface area contributed by atoms with Crippen LogP contribution in [0.4, 0.5) is 5.69 Å². The van der Waals surface area contributed by atoms with Gasteiger partial charge in [0.15, 0.2) is 5.78 Å². The summed E-state index contributed by atoms with van der Waals surface area (Å²) in [6.45, 7) is 1.50. The first kappa shape index (κ1) is 14.9. The van der Waals surface area contributed by atoms with Crippen molar-refractivity contribution in [1.82, 2.24) is 0 Å². The lowest BCUT2D eigenvalue weighted by molar-refractivity contribution is -0.117. The molecule has 0 heterocycles. The average Bonchev–Trinajstić information content (AvgIpc) is 2.48. The summed E-state index contributed by atoms with van der Waals surface area (Å²) in [5, 5.41) is 2.75. The third-order valence-electron chi connectivity index (χ3n) is 3.19. The molecule has 2 rings (SSSR count). The van der Waals surface area contributed by atoms with Crippen molar-refractivity contribution in [2.45, 2.75) is 19.4 Å². The summed E-state index contributed by atoms with van der Waals surface area (Å²) in [4.78, 5) is 23.2. The smallest absolute Gasteiger partial charge is 0.241 e. The van der Waals surface area contributed by atoms with Crippen LogP contribution in [-0.2, 0) is 11.2 Å². The fourth-order valence-corrected chi connectivity index (χ4v) is 1.98. The van der Waals surface area contributed by atoms with Gasteiger partial charge in [-0.15, -0.1) is 0 Å². The Labute approximate surface area is 124 Å². The van der Waals surface area contributed by atoms with Gasteiger partial charge in [0.25, 0.3) is 0 Å². The maximum absolute atomic E-state index is 12.0. The average molecular weight is 282 g/mol. The van der Waals surface area contributed by atoms with E-state index < -0.39 is 6.04 Å². The Hall–Kier alpha value is -2.46. The zero-order valence-corrected chi connectivity index (χ0v) is 11.9. The molecule has 0 saturated heterocycles. The molecule has 0 aliphatic carbocycles. The van der Waals surface area contributed by atoms with Crippen LogP contribution in [0.5, 0.6) is 0 Å². The van der Waals surface area contributed by atoms with E-state index in [1.165, 1.54) is 6.92 Å². The number of carbonyl (C=O) groups excluding carboxylic acids is 2. The van der Waals surface area contributed by atoms with Gasteiger partial charge in [-0.1, -0.05) is 30.3 Å². The molecule has 0 aliphatic heterocycles. The first-order valence-corrected chi connectivity index (χ1v) is 6.77. The lowest BCUT2D eigenvalue weighted by Crippen LogP contribution is -2.37. The van der Waals surface area contributed by atoms with Crippen molar-refractivity contribution >= 4 is 17.4 Å². The molecular formula is C17H18N2O2.